The zero-order valence-electron chi connectivity index (χ0n) is 9.79. The molecule has 0 spiro atoms. The molecule has 0 saturated heterocycles. The molecule has 2 nitrogen and oxygen atoms in total. The third-order valence-corrected chi connectivity index (χ3v) is 4.85. The zero-order chi connectivity index (χ0) is 11.8. The number of methoxy groups -OCH3 is 1. The molecule has 2 rings (SSSR count). The van der Waals surface area contributed by atoms with Crippen LogP contribution in [0.25, 0.3) is 0 Å². The Balaban J connectivity index is 2.52. The van der Waals surface area contributed by atoms with Crippen LogP contribution in [0.2, 0.25) is 0 Å². The highest BCUT2D eigenvalue weighted by molar-refractivity contribution is 9.09. The highest BCUT2D eigenvalue weighted by atomic mass is 79.9. The Morgan fingerprint density at radius 3 is 2.81 bits per heavy atom. The van der Waals surface area contributed by atoms with Gasteiger partial charge in [0, 0.05) is 23.2 Å². The summed E-state index contributed by atoms with van der Waals surface area (Å²) in [4.78, 5) is 0.356. The van der Waals surface area contributed by atoms with Crippen LogP contribution in [-0.2, 0) is 10.3 Å². The van der Waals surface area contributed by atoms with Crippen LogP contribution in [0.1, 0.15) is 30.4 Å². The molecule has 88 valence electrons. The van der Waals surface area contributed by atoms with E-state index in [0.29, 0.717) is 4.83 Å². The van der Waals surface area contributed by atoms with E-state index in [1.54, 1.807) is 7.11 Å². The third kappa shape index (κ3) is 1.66. The topological polar surface area (TPSA) is 35.2 Å². The molecule has 1 fully saturated rings. The van der Waals surface area contributed by atoms with E-state index in [9.17, 15) is 0 Å². The average Bonchev–Trinajstić information content (AvgIpc) is 2.65. The van der Waals surface area contributed by atoms with Gasteiger partial charge in [-0.15, -0.1) is 0 Å². The number of ether oxygens (including phenoxy) is 1. The van der Waals surface area contributed by atoms with Gasteiger partial charge < -0.3 is 10.5 Å². The SMILES string of the molecule is COC1(c2cccc(C)c2N)CCCC1Br. The molecule has 3 heteroatoms. The molecule has 0 bridgehead atoms. The van der Waals surface area contributed by atoms with Gasteiger partial charge in [0.1, 0.15) is 5.60 Å². The van der Waals surface area contributed by atoms with Crippen LogP contribution in [0.4, 0.5) is 5.69 Å². The Hall–Kier alpha value is -0.540. The standard InChI is InChI=1S/C13H18BrNO/c1-9-5-3-6-10(12(9)15)13(16-2)8-4-7-11(13)14/h3,5-6,11H,4,7-8,15H2,1-2H3. The number of anilines is 1. The number of nitrogen functional groups attached to an aromatic ring is 1. The summed E-state index contributed by atoms with van der Waals surface area (Å²) in [6, 6.07) is 6.19. The van der Waals surface area contributed by atoms with Crippen molar-refractivity contribution < 1.29 is 4.74 Å². The first-order valence-electron chi connectivity index (χ1n) is 5.66. The van der Waals surface area contributed by atoms with Gasteiger partial charge in [0.15, 0.2) is 0 Å². The maximum Gasteiger partial charge on any atom is 0.107 e. The van der Waals surface area contributed by atoms with Crippen LogP contribution in [-0.4, -0.2) is 11.9 Å². The quantitative estimate of drug-likeness (QED) is 0.667. The fourth-order valence-electron chi connectivity index (χ4n) is 2.63. The molecule has 1 saturated carbocycles. The van der Waals surface area contributed by atoms with Crippen molar-refractivity contribution in [2.45, 2.75) is 36.6 Å². The van der Waals surface area contributed by atoms with E-state index < -0.39 is 0 Å². The number of rotatable bonds is 2. The van der Waals surface area contributed by atoms with Crippen LogP contribution in [0.5, 0.6) is 0 Å². The molecular weight excluding hydrogens is 266 g/mol. The van der Waals surface area contributed by atoms with Crippen LogP contribution in [0.15, 0.2) is 18.2 Å². The molecule has 0 aliphatic heterocycles. The van der Waals surface area contributed by atoms with Crippen molar-refractivity contribution in [1.29, 1.82) is 0 Å². The molecule has 0 radical (unpaired) electrons. The van der Waals surface area contributed by atoms with Gasteiger partial charge in [-0.25, -0.2) is 0 Å². The van der Waals surface area contributed by atoms with Gasteiger partial charge in [0.2, 0.25) is 0 Å². The van der Waals surface area contributed by atoms with Gasteiger partial charge in [0.05, 0.1) is 0 Å². The molecule has 0 heterocycles. The largest absolute Gasteiger partial charge is 0.398 e. The second-order valence-corrected chi connectivity index (χ2v) is 5.59. The molecule has 1 aromatic rings. The Bertz CT molecular complexity index is 394. The van der Waals surface area contributed by atoms with Gasteiger partial charge in [-0.1, -0.05) is 34.1 Å². The summed E-state index contributed by atoms with van der Waals surface area (Å²) in [5.41, 5.74) is 9.07. The van der Waals surface area contributed by atoms with E-state index in [1.807, 2.05) is 13.0 Å². The number of hydrogen-bond donors (Lipinski definition) is 1. The zero-order valence-corrected chi connectivity index (χ0v) is 11.4. The third-order valence-electron chi connectivity index (χ3n) is 3.66. The summed E-state index contributed by atoms with van der Waals surface area (Å²) in [7, 11) is 1.78. The number of halogens is 1. The first-order valence-corrected chi connectivity index (χ1v) is 6.58. The summed E-state index contributed by atoms with van der Waals surface area (Å²) in [6.07, 6.45) is 3.35. The lowest BCUT2D eigenvalue weighted by atomic mass is 9.89. The fourth-order valence-corrected chi connectivity index (χ4v) is 3.61. The minimum Gasteiger partial charge on any atom is -0.398 e. The molecule has 0 aromatic heterocycles. The van der Waals surface area contributed by atoms with Crippen molar-refractivity contribution in [1.82, 2.24) is 0 Å². The van der Waals surface area contributed by atoms with Crippen molar-refractivity contribution in [3.05, 3.63) is 29.3 Å². The number of nitrogens with two attached hydrogens (primary N) is 1. The normalized spacial score (nSPS) is 29.6. The predicted octanol–water partition coefficient (Wildman–Crippen LogP) is 3.37. The summed E-state index contributed by atoms with van der Waals surface area (Å²) < 4.78 is 5.81. The van der Waals surface area contributed by atoms with Crippen LogP contribution in [0.3, 0.4) is 0 Å². The summed E-state index contributed by atoms with van der Waals surface area (Å²) >= 11 is 3.74. The molecule has 2 unspecified atom stereocenters. The van der Waals surface area contributed by atoms with Gasteiger partial charge in [-0.3, -0.25) is 0 Å². The van der Waals surface area contributed by atoms with Crippen LogP contribution < -0.4 is 5.73 Å². The number of para-hydroxylation sites is 1. The lowest BCUT2D eigenvalue weighted by Gasteiger charge is -2.33. The number of aryl methyl sites for hydroxylation is 1. The van der Waals surface area contributed by atoms with E-state index in [2.05, 4.69) is 28.1 Å². The van der Waals surface area contributed by atoms with E-state index in [-0.39, 0.29) is 5.60 Å². The van der Waals surface area contributed by atoms with Gasteiger partial charge in [-0.2, -0.15) is 0 Å². The molecule has 1 aliphatic rings. The molecule has 0 amide bonds. The number of hydrogen-bond acceptors (Lipinski definition) is 2. The first-order chi connectivity index (χ1) is 7.62. The maximum absolute atomic E-state index is 6.18. The van der Waals surface area contributed by atoms with Crippen molar-refractivity contribution in [2.24, 2.45) is 0 Å². The minimum atomic E-state index is -0.240. The van der Waals surface area contributed by atoms with E-state index in [4.69, 9.17) is 10.5 Å². The molecule has 1 aromatic carbocycles. The Kier molecular flexibility index (Phi) is 3.27. The van der Waals surface area contributed by atoms with Crippen molar-refractivity contribution in [2.75, 3.05) is 12.8 Å². The lowest BCUT2D eigenvalue weighted by Crippen LogP contribution is -2.34. The van der Waals surface area contributed by atoms with Gasteiger partial charge in [0.25, 0.3) is 0 Å². The number of alkyl halides is 1. The summed E-state index contributed by atoms with van der Waals surface area (Å²) in [5, 5.41) is 0. The Morgan fingerprint density at radius 1 is 1.50 bits per heavy atom. The highest BCUT2D eigenvalue weighted by Gasteiger charge is 2.44. The van der Waals surface area contributed by atoms with E-state index in [1.165, 1.54) is 6.42 Å². The highest BCUT2D eigenvalue weighted by Crippen LogP contribution is 2.47. The van der Waals surface area contributed by atoms with Gasteiger partial charge >= 0.3 is 0 Å². The number of benzene rings is 1. The lowest BCUT2D eigenvalue weighted by molar-refractivity contribution is -0.00208. The second-order valence-electron chi connectivity index (χ2n) is 4.49. The monoisotopic (exact) mass is 283 g/mol. The molecule has 2 atom stereocenters. The first kappa shape index (κ1) is 11.9. The fraction of sp³-hybridized carbons (Fsp3) is 0.538. The smallest absolute Gasteiger partial charge is 0.107 e. The molecular formula is C13H18BrNO. The Morgan fingerprint density at radius 2 is 2.25 bits per heavy atom. The molecule has 2 N–H and O–H groups in total. The molecule has 16 heavy (non-hydrogen) atoms. The predicted molar refractivity (Wildman–Crippen MR) is 70.8 cm³/mol. The van der Waals surface area contributed by atoms with E-state index >= 15 is 0 Å². The second kappa shape index (κ2) is 4.38. The van der Waals surface area contributed by atoms with Crippen LogP contribution >= 0.6 is 15.9 Å². The minimum absolute atomic E-state index is 0.240. The van der Waals surface area contributed by atoms with E-state index in [0.717, 1.165) is 29.7 Å². The van der Waals surface area contributed by atoms with Crippen LogP contribution in [0, 0.1) is 6.92 Å². The maximum atomic E-state index is 6.18. The Labute approximate surface area is 105 Å². The summed E-state index contributed by atoms with van der Waals surface area (Å²) in [5.74, 6) is 0. The van der Waals surface area contributed by atoms with Gasteiger partial charge in [-0.05, 0) is 31.7 Å². The molecule has 1 aliphatic carbocycles. The average molecular weight is 284 g/mol. The summed E-state index contributed by atoms with van der Waals surface area (Å²) in [6.45, 7) is 2.04. The van der Waals surface area contributed by atoms with Crippen molar-refractivity contribution >= 4 is 21.6 Å². The van der Waals surface area contributed by atoms with Crippen molar-refractivity contribution in [3.8, 4) is 0 Å². The van der Waals surface area contributed by atoms with Crippen molar-refractivity contribution in [3.63, 3.8) is 0 Å².